The Morgan fingerprint density at radius 2 is 1.95 bits per heavy atom. The van der Waals surface area contributed by atoms with Crippen LogP contribution in [0, 0.1) is 10.1 Å². The smallest absolute Gasteiger partial charge is 0.269 e. The number of rotatable bonds is 6. The maximum Gasteiger partial charge on any atom is 0.269 e. The molecule has 1 aliphatic heterocycles. The molecule has 19 heavy (non-hydrogen) atoms. The molecule has 0 aromatic heterocycles. The molecule has 1 saturated heterocycles. The van der Waals surface area contributed by atoms with Crippen LogP contribution in [-0.2, 0) is 0 Å². The summed E-state index contributed by atoms with van der Waals surface area (Å²) in [7, 11) is 4.35. The van der Waals surface area contributed by atoms with Crippen LogP contribution in [0.5, 0.6) is 0 Å². The maximum atomic E-state index is 10.6. The first kappa shape index (κ1) is 13.8. The summed E-state index contributed by atoms with van der Waals surface area (Å²) in [5.41, 5.74) is 1.19. The van der Waals surface area contributed by atoms with Gasteiger partial charge in [-0.25, -0.2) is 0 Å². The van der Waals surface area contributed by atoms with E-state index in [2.05, 4.69) is 11.9 Å². The highest BCUT2D eigenvalue weighted by Gasteiger charge is 2.29. The molecule has 1 aliphatic rings. The van der Waals surface area contributed by atoms with Crippen molar-refractivity contribution in [2.75, 3.05) is 45.2 Å². The van der Waals surface area contributed by atoms with Crippen LogP contribution >= 0.6 is 0 Å². The van der Waals surface area contributed by atoms with Crippen molar-refractivity contribution in [2.45, 2.75) is 12.8 Å². The second-order valence-corrected chi connectivity index (χ2v) is 5.69. The molecule has 0 N–H and O–H groups in total. The van der Waals surface area contributed by atoms with E-state index in [4.69, 9.17) is 0 Å². The number of hydrogen-bond acceptors (Lipinski definition) is 3. The molecule has 0 spiro atoms. The maximum absolute atomic E-state index is 10.6. The summed E-state index contributed by atoms with van der Waals surface area (Å²) in [6.45, 7) is 4.82. The summed E-state index contributed by atoms with van der Waals surface area (Å²) < 4.78 is 1.20. The third-order valence-electron chi connectivity index (χ3n) is 4.09. The Morgan fingerprint density at radius 3 is 2.42 bits per heavy atom. The fourth-order valence-corrected chi connectivity index (χ4v) is 2.57. The highest BCUT2D eigenvalue weighted by molar-refractivity contribution is 5.50. The van der Waals surface area contributed by atoms with Gasteiger partial charge in [0.15, 0.2) is 0 Å². The Morgan fingerprint density at radius 1 is 1.32 bits per heavy atom. The van der Waals surface area contributed by atoms with Crippen LogP contribution in [0.15, 0.2) is 24.3 Å². The minimum absolute atomic E-state index is 0.149. The molecule has 104 valence electrons. The van der Waals surface area contributed by atoms with Gasteiger partial charge in [-0.2, -0.15) is 0 Å². The van der Waals surface area contributed by atoms with E-state index in [1.165, 1.54) is 30.5 Å². The molecule has 2 rings (SSSR count). The molecule has 1 aromatic carbocycles. The van der Waals surface area contributed by atoms with Crippen molar-refractivity contribution in [3.05, 3.63) is 34.4 Å². The minimum Gasteiger partial charge on any atom is -0.374 e. The first-order valence-corrected chi connectivity index (χ1v) is 6.79. The molecule has 0 radical (unpaired) electrons. The van der Waals surface area contributed by atoms with E-state index < -0.39 is 0 Å². The summed E-state index contributed by atoms with van der Waals surface area (Å²) in [6.07, 6.45) is 2.51. The van der Waals surface area contributed by atoms with Crippen LogP contribution in [0.25, 0.3) is 0 Å². The number of nitro groups is 1. The average molecular weight is 264 g/mol. The van der Waals surface area contributed by atoms with Crippen molar-refractivity contribution < 1.29 is 9.41 Å². The van der Waals surface area contributed by atoms with Gasteiger partial charge in [0.05, 0.1) is 31.6 Å². The molecule has 0 bridgehead atoms. The van der Waals surface area contributed by atoms with E-state index in [-0.39, 0.29) is 10.6 Å². The van der Waals surface area contributed by atoms with Crippen LogP contribution in [0.2, 0.25) is 0 Å². The number of nitro benzene ring substituents is 1. The lowest BCUT2D eigenvalue weighted by Gasteiger charge is -2.42. The molecule has 0 unspecified atom stereocenters. The van der Waals surface area contributed by atoms with Gasteiger partial charge in [-0.15, -0.1) is 0 Å². The van der Waals surface area contributed by atoms with Crippen LogP contribution in [-0.4, -0.2) is 49.7 Å². The first-order valence-electron chi connectivity index (χ1n) is 6.79. The zero-order chi connectivity index (χ0) is 13.9. The Kier molecular flexibility index (Phi) is 4.04. The number of hydrogen-bond donors (Lipinski definition) is 0. The number of nitrogens with zero attached hydrogens (tertiary/aromatic N) is 3. The quantitative estimate of drug-likeness (QED) is 0.450. The monoisotopic (exact) mass is 264 g/mol. The van der Waals surface area contributed by atoms with Crippen molar-refractivity contribution in [3.8, 4) is 0 Å². The van der Waals surface area contributed by atoms with Gasteiger partial charge >= 0.3 is 0 Å². The standard InChI is InChI=1S/C14H22N3O2/c1-15(9-3-10-17(2)11-4-12-17)13-5-7-14(8-6-13)16(18)19/h5-8H,3-4,9-12H2,1-2H3/q+1. The van der Waals surface area contributed by atoms with Crippen LogP contribution in [0.3, 0.4) is 0 Å². The molecule has 5 heteroatoms. The molecule has 5 nitrogen and oxygen atoms in total. The van der Waals surface area contributed by atoms with E-state index in [1.54, 1.807) is 12.1 Å². The molecule has 0 saturated carbocycles. The highest BCUT2D eigenvalue weighted by Crippen LogP contribution is 2.20. The number of benzene rings is 1. The third-order valence-corrected chi connectivity index (χ3v) is 4.09. The molecule has 1 fully saturated rings. The summed E-state index contributed by atoms with van der Waals surface area (Å²) >= 11 is 0. The van der Waals surface area contributed by atoms with E-state index in [0.29, 0.717) is 0 Å². The zero-order valence-corrected chi connectivity index (χ0v) is 11.7. The van der Waals surface area contributed by atoms with Crippen molar-refractivity contribution in [1.29, 1.82) is 0 Å². The summed E-state index contributed by atoms with van der Waals surface area (Å²) in [4.78, 5) is 12.4. The number of quaternary nitrogens is 1. The van der Waals surface area contributed by atoms with Gasteiger partial charge in [0.2, 0.25) is 0 Å². The second kappa shape index (κ2) is 5.57. The van der Waals surface area contributed by atoms with Gasteiger partial charge in [0.1, 0.15) is 0 Å². The lowest BCUT2D eigenvalue weighted by Crippen LogP contribution is -2.55. The fourth-order valence-electron chi connectivity index (χ4n) is 2.57. The highest BCUT2D eigenvalue weighted by atomic mass is 16.6. The molecule has 1 aromatic rings. The van der Waals surface area contributed by atoms with Gasteiger partial charge in [-0.05, 0) is 12.1 Å². The largest absolute Gasteiger partial charge is 0.374 e. The van der Waals surface area contributed by atoms with Crippen molar-refractivity contribution in [2.24, 2.45) is 0 Å². The molecule has 0 amide bonds. The van der Waals surface area contributed by atoms with Crippen molar-refractivity contribution in [1.82, 2.24) is 0 Å². The molecular weight excluding hydrogens is 242 g/mol. The van der Waals surface area contributed by atoms with E-state index in [1.807, 2.05) is 19.2 Å². The molecule has 1 heterocycles. The Labute approximate surface area is 114 Å². The molecule has 0 aliphatic carbocycles. The van der Waals surface area contributed by atoms with E-state index in [9.17, 15) is 10.1 Å². The van der Waals surface area contributed by atoms with Gasteiger partial charge in [0.25, 0.3) is 5.69 Å². The fraction of sp³-hybridized carbons (Fsp3) is 0.571. The van der Waals surface area contributed by atoms with Gasteiger partial charge < -0.3 is 9.38 Å². The Bertz CT molecular complexity index is 441. The SMILES string of the molecule is CN(CCC[N+]1(C)CCC1)c1ccc([N+](=O)[O-])cc1. The number of non-ortho nitro benzene ring substituents is 1. The third kappa shape index (κ3) is 3.44. The normalized spacial score (nSPS) is 16.7. The number of likely N-dealkylation sites (tertiary alicyclic amines) is 1. The minimum atomic E-state index is -0.362. The second-order valence-electron chi connectivity index (χ2n) is 5.69. The van der Waals surface area contributed by atoms with Crippen molar-refractivity contribution >= 4 is 11.4 Å². The van der Waals surface area contributed by atoms with E-state index in [0.717, 1.165) is 18.7 Å². The summed E-state index contributed by atoms with van der Waals surface area (Å²) in [6, 6.07) is 6.76. The Balaban J connectivity index is 1.82. The zero-order valence-electron chi connectivity index (χ0n) is 11.7. The van der Waals surface area contributed by atoms with Gasteiger partial charge in [-0.1, -0.05) is 0 Å². The molecule has 0 atom stereocenters. The van der Waals surface area contributed by atoms with Crippen LogP contribution < -0.4 is 4.90 Å². The first-order chi connectivity index (χ1) is 9.00. The van der Waals surface area contributed by atoms with Crippen LogP contribution in [0.1, 0.15) is 12.8 Å². The lowest BCUT2D eigenvalue weighted by atomic mass is 10.1. The molecular formula is C14H22N3O2+. The lowest BCUT2D eigenvalue weighted by molar-refractivity contribution is -0.946. The predicted octanol–water partition coefficient (Wildman–Crippen LogP) is 2.27. The average Bonchev–Trinajstić information content (AvgIpc) is 2.36. The topological polar surface area (TPSA) is 46.4 Å². The van der Waals surface area contributed by atoms with Crippen molar-refractivity contribution in [3.63, 3.8) is 0 Å². The van der Waals surface area contributed by atoms with Crippen LogP contribution in [0.4, 0.5) is 11.4 Å². The van der Waals surface area contributed by atoms with E-state index >= 15 is 0 Å². The number of anilines is 1. The van der Waals surface area contributed by atoms with Gasteiger partial charge in [-0.3, -0.25) is 10.1 Å². The Hall–Kier alpha value is -1.62. The van der Waals surface area contributed by atoms with Gasteiger partial charge in [0, 0.05) is 44.3 Å². The predicted molar refractivity (Wildman–Crippen MR) is 76.4 cm³/mol. The summed E-state index contributed by atoms with van der Waals surface area (Å²) in [5.74, 6) is 0. The summed E-state index contributed by atoms with van der Waals surface area (Å²) in [5, 5.41) is 10.6.